The monoisotopic (exact) mass is 289 g/mol. The molecule has 5 nitrogen and oxygen atoms in total. The highest BCUT2D eigenvalue weighted by Gasteiger charge is 2.27. The summed E-state index contributed by atoms with van der Waals surface area (Å²) in [7, 11) is 0. The Morgan fingerprint density at radius 2 is 2.56 bits per heavy atom. The largest absolute Gasteiger partial charge is 0.389 e. The average molecular weight is 290 g/mol. The van der Waals surface area contributed by atoms with Crippen molar-refractivity contribution in [1.29, 1.82) is 0 Å². The third-order valence-electron chi connectivity index (χ3n) is 2.61. The number of aliphatic hydroxyl groups is 1. The molecule has 2 N–H and O–H groups in total. The molecular formula is C10H16BrN3O2. The summed E-state index contributed by atoms with van der Waals surface area (Å²) in [5, 5.41) is 17.1. The summed E-state index contributed by atoms with van der Waals surface area (Å²) in [6.45, 7) is 3.85. The van der Waals surface area contributed by atoms with E-state index in [2.05, 4.69) is 33.3 Å². The average Bonchev–Trinajstić information content (AvgIpc) is 2.77. The summed E-state index contributed by atoms with van der Waals surface area (Å²) in [5.74, 6) is 0. The number of rotatable bonds is 4. The Bertz CT molecular complexity index is 345. The van der Waals surface area contributed by atoms with Crippen LogP contribution in [0.2, 0.25) is 0 Å². The highest BCUT2D eigenvalue weighted by molar-refractivity contribution is 9.10. The number of hydrogen-bond donors (Lipinski definition) is 2. The van der Waals surface area contributed by atoms with Gasteiger partial charge in [0.05, 0.1) is 42.6 Å². The zero-order chi connectivity index (χ0) is 11.5. The number of nitrogens with zero attached hydrogens (tertiary/aromatic N) is 2. The van der Waals surface area contributed by atoms with Crippen molar-refractivity contribution < 1.29 is 9.84 Å². The third kappa shape index (κ3) is 3.04. The predicted molar refractivity (Wildman–Crippen MR) is 63.1 cm³/mol. The molecule has 0 spiro atoms. The van der Waals surface area contributed by atoms with Crippen LogP contribution in [-0.2, 0) is 11.3 Å². The topological polar surface area (TPSA) is 59.3 Å². The summed E-state index contributed by atoms with van der Waals surface area (Å²) in [5.41, 5.74) is 0. The van der Waals surface area contributed by atoms with Gasteiger partial charge in [0.1, 0.15) is 0 Å². The lowest BCUT2D eigenvalue weighted by molar-refractivity contribution is 0.121. The van der Waals surface area contributed by atoms with Gasteiger partial charge in [-0.2, -0.15) is 5.10 Å². The number of ether oxygens (including phenoxy) is 1. The van der Waals surface area contributed by atoms with Crippen LogP contribution >= 0.6 is 15.9 Å². The van der Waals surface area contributed by atoms with Crippen molar-refractivity contribution in [3.8, 4) is 0 Å². The zero-order valence-corrected chi connectivity index (χ0v) is 10.7. The van der Waals surface area contributed by atoms with E-state index in [0.29, 0.717) is 13.2 Å². The second-order valence-corrected chi connectivity index (χ2v) is 5.08. The van der Waals surface area contributed by atoms with Crippen molar-refractivity contribution in [3.63, 3.8) is 0 Å². The van der Waals surface area contributed by atoms with Crippen molar-refractivity contribution in [2.24, 2.45) is 0 Å². The fraction of sp³-hybridized carbons (Fsp3) is 0.700. The second kappa shape index (κ2) is 5.27. The van der Waals surface area contributed by atoms with Crippen LogP contribution in [0.3, 0.4) is 0 Å². The minimum absolute atomic E-state index is 0.0361. The summed E-state index contributed by atoms with van der Waals surface area (Å²) in [6.07, 6.45) is 3.30. The quantitative estimate of drug-likeness (QED) is 0.842. The van der Waals surface area contributed by atoms with Gasteiger partial charge >= 0.3 is 0 Å². The Balaban J connectivity index is 1.82. The van der Waals surface area contributed by atoms with Crippen LogP contribution in [0.4, 0.5) is 0 Å². The molecule has 0 amide bonds. The van der Waals surface area contributed by atoms with Gasteiger partial charge in [0.2, 0.25) is 0 Å². The van der Waals surface area contributed by atoms with Crippen LogP contribution in [0.15, 0.2) is 16.9 Å². The first-order chi connectivity index (χ1) is 7.65. The number of halogens is 1. The molecule has 3 unspecified atom stereocenters. The van der Waals surface area contributed by atoms with E-state index >= 15 is 0 Å². The van der Waals surface area contributed by atoms with E-state index in [1.54, 1.807) is 6.20 Å². The van der Waals surface area contributed by atoms with Gasteiger partial charge < -0.3 is 15.2 Å². The SMILES string of the molecule is CC(Cn1cc(Br)cn1)NC1COCC1O. The molecule has 6 heteroatoms. The first kappa shape index (κ1) is 12.0. The molecule has 0 aliphatic carbocycles. The lowest BCUT2D eigenvalue weighted by Crippen LogP contribution is -2.45. The molecule has 16 heavy (non-hydrogen) atoms. The van der Waals surface area contributed by atoms with Crippen LogP contribution < -0.4 is 5.32 Å². The summed E-state index contributed by atoms with van der Waals surface area (Å²) >= 11 is 3.36. The van der Waals surface area contributed by atoms with Crippen LogP contribution in [0.1, 0.15) is 6.92 Å². The van der Waals surface area contributed by atoms with Crippen molar-refractivity contribution in [1.82, 2.24) is 15.1 Å². The summed E-state index contributed by atoms with van der Waals surface area (Å²) < 4.78 is 8.02. The number of aromatic nitrogens is 2. The Morgan fingerprint density at radius 3 is 3.12 bits per heavy atom. The Morgan fingerprint density at radius 1 is 1.75 bits per heavy atom. The maximum absolute atomic E-state index is 9.59. The first-order valence-corrected chi connectivity index (χ1v) is 6.14. The predicted octanol–water partition coefficient (Wildman–Crippen LogP) is 0.383. The van der Waals surface area contributed by atoms with E-state index in [4.69, 9.17) is 4.74 Å². The van der Waals surface area contributed by atoms with Gasteiger partial charge in [0.25, 0.3) is 0 Å². The highest BCUT2D eigenvalue weighted by atomic mass is 79.9. The van der Waals surface area contributed by atoms with Crippen LogP contribution in [0.5, 0.6) is 0 Å². The van der Waals surface area contributed by atoms with Gasteiger partial charge in [-0.3, -0.25) is 4.68 Å². The van der Waals surface area contributed by atoms with Gasteiger partial charge in [0.15, 0.2) is 0 Å². The molecule has 0 bridgehead atoms. The molecule has 0 radical (unpaired) electrons. The lowest BCUT2D eigenvalue weighted by atomic mass is 10.2. The number of hydrogen-bond acceptors (Lipinski definition) is 4. The van der Waals surface area contributed by atoms with E-state index in [1.165, 1.54) is 0 Å². The van der Waals surface area contributed by atoms with E-state index in [1.807, 2.05) is 10.9 Å². The first-order valence-electron chi connectivity index (χ1n) is 5.35. The molecule has 1 aliphatic heterocycles. The second-order valence-electron chi connectivity index (χ2n) is 4.16. The van der Waals surface area contributed by atoms with Crippen LogP contribution in [0.25, 0.3) is 0 Å². The van der Waals surface area contributed by atoms with E-state index in [9.17, 15) is 5.11 Å². The molecule has 90 valence electrons. The maximum Gasteiger partial charge on any atom is 0.0948 e. The van der Waals surface area contributed by atoms with Gasteiger partial charge in [-0.1, -0.05) is 0 Å². The number of nitrogens with one attached hydrogen (secondary N) is 1. The maximum atomic E-state index is 9.59. The smallest absolute Gasteiger partial charge is 0.0948 e. The standard InChI is InChI=1S/C10H16BrN3O2/c1-7(3-14-4-8(11)2-12-14)13-9-5-16-6-10(9)15/h2,4,7,9-10,13,15H,3,5-6H2,1H3. The van der Waals surface area contributed by atoms with Crippen molar-refractivity contribution >= 4 is 15.9 Å². The molecule has 1 saturated heterocycles. The Kier molecular flexibility index (Phi) is 3.96. The lowest BCUT2D eigenvalue weighted by Gasteiger charge is -2.20. The van der Waals surface area contributed by atoms with E-state index < -0.39 is 6.10 Å². The van der Waals surface area contributed by atoms with Crippen molar-refractivity contribution in [2.75, 3.05) is 13.2 Å². The minimum atomic E-state index is -0.396. The molecule has 3 atom stereocenters. The molecule has 2 rings (SSSR count). The molecule has 0 aromatic carbocycles. The summed E-state index contributed by atoms with van der Waals surface area (Å²) in [4.78, 5) is 0. The molecule has 1 aromatic heterocycles. The minimum Gasteiger partial charge on any atom is -0.389 e. The van der Waals surface area contributed by atoms with E-state index in [0.717, 1.165) is 11.0 Å². The molecule has 1 aromatic rings. The van der Waals surface area contributed by atoms with E-state index in [-0.39, 0.29) is 12.1 Å². The Labute approximate surface area is 103 Å². The molecule has 1 fully saturated rings. The fourth-order valence-electron chi connectivity index (χ4n) is 1.84. The molecule has 1 aliphatic rings. The van der Waals surface area contributed by atoms with Gasteiger partial charge in [-0.25, -0.2) is 0 Å². The third-order valence-corrected chi connectivity index (χ3v) is 3.02. The fourth-order valence-corrected chi connectivity index (χ4v) is 2.17. The van der Waals surface area contributed by atoms with Crippen molar-refractivity contribution in [2.45, 2.75) is 31.7 Å². The van der Waals surface area contributed by atoms with Crippen LogP contribution in [0, 0.1) is 0 Å². The van der Waals surface area contributed by atoms with Gasteiger partial charge in [-0.15, -0.1) is 0 Å². The van der Waals surface area contributed by atoms with Crippen LogP contribution in [-0.4, -0.2) is 46.3 Å². The van der Waals surface area contributed by atoms with Gasteiger partial charge in [0, 0.05) is 12.2 Å². The highest BCUT2D eigenvalue weighted by Crippen LogP contribution is 2.09. The Hall–Kier alpha value is -0.430. The van der Waals surface area contributed by atoms with Gasteiger partial charge in [-0.05, 0) is 22.9 Å². The zero-order valence-electron chi connectivity index (χ0n) is 9.14. The molecule has 0 saturated carbocycles. The number of aliphatic hydroxyl groups excluding tert-OH is 1. The molecule has 2 heterocycles. The summed E-state index contributed by atoms with van der Waals surface area (Å²) in [6, 6.07) is 0.280. The normalized spacial score (nSPS) is 27.2. The molecular weight excluding hydrogens is 274 g/mol. The van der Waals surface area contributed by atoms with Crippen molar-refractivity contribution in [3.05, 3.63) is 16.9 Å².